The van der Waals surface area contributed by atoms with Gasteiger partial charge < -0.3 is 10.1 Å². The van der Waals surface area contributed by atoms with Crippen molar-refractivity contribution in [1.29, 1.82) is 5.26 Å². The molecule has 0 bridgehead atoms. The van der Waals surface area contributed by atoms with Gasteiger partial charge in [0.25, 0.3) is 5.56 Å². The predicted molar refractivity (Wildman–Crippen MR) is 84.0 cm³/mol. The summed E-state index contributed by atoms with van der Waals surface area (Å²) in [7, 11) is 0. The molecule has 1 heterocycles. The minimum absolute atomic E-state index is 0.146. The smallest absolute Gasteiger partial charge is 0.259 e. The summed E-state index contributed by atoms with van der Waals surface area (Å²) < 4.78 is 0. The Morgan fingerprint density at radius 2 is 1.91 bits per heavy atom. The summed E-state index contributed by atoms with van der Waals surface area (Å²) in [4.78, 5) is 19.0. The van der Waals surface area contributed by atoms with Crippen molar-refractivity contribution in [3.63, 3.8) is 0 Å². The van der Waals surface area contributed by atoms with E-state index in [1.54, 1.807) is 42.5 Å². The van der Waals surface area contributed by atoms with Gasteiger partial charge in [-0.05, 0) is 35.9 Å². The van der Waals surface area contributed by atoms with Crippen LogP contribution in [0.1, 0.15) is 11.4 Å². The highest BCUT2D eigenvalue weighted by molar-refractivity contribution is 5.89. The Hall–Kier alpha value is -3.39. The Kier molecular flexibility index (Phi) is 3.42. The number of nitrogens with one attached hydrogen (secondary N) is 1. The molecule has 2 N–H and O–H groups in total. The third-order valence-corrected chi connectivity index (χ3v) is 3.19. The van der Waals surface area contributed by atoms with Gasteiger partial charge in [-0.1, -0.05) is 24.3 Å². The fourth-order valence-corrected chi connectivity index (χ4v) is 2.10. The summed E-state index contributed by atoms with van der Waals surface area (Å²) in [6, 6.07) is 15.4. The molecule has 22 heavy (non-hydrogen) atoms. The third-order valence-electron chi connectivity index (χ3n) is 3.19. The van der Waals surface area contributed by atoms with Crippen molar-refractivity contribution in [2.75, 3.05) is 0 Å². The van der Waals surface area contributed by atoms with Crippen LogP contribution in [0.2, 0.25) is 0 Å². The lowest BCUT2D eigenvalue weighted by molar-refractivity contribution is 0.475. The van der Waals surface area contributed by atoms with E-state index >= 15 is 0 Å². The molecule has 0 amide bonds. The summed E-state index contributed by atoms with van der Waals surface area (Å²) in [5.74, 6) is 0.368. The molecule has 0 spiro atoms. The molecule has 0 saturated heterocycles. The molecule has 2 aromatic carbocycles. The number of aromatic nitrogens is 2. The Labute approximate surface area is 125 Å². The lowest BCUT2D eigenvalue weighted by Crippen LogP contribution is -2.11. The summed E-state index contributed by atoms with van der Waals surface area (Å²) in [5.41, 5.74) is 1.22. The third kappa shape index (κ3) is 2.58. The van der Waals surface area contributed by atoms with Gasteiger partial charge in [-0.25, -0.2) is 4.98 Å². The molecule has 3 rings (SSSR count). The molecule has 0 fully saturated rings. The fourth-order valence-electron chi connectivity index (χ4n) is 2.10. The Bertz CT molecular complexity index is 964. The first-order valence-electron chi connectivity index (χ1n) is 6.57. The molecule has 0 unspecified atom stereocenters. The number of rotatable bonds is 2. The topological polar surface area (TPSA) is 89.8 Å². The first-order chi connectivity index (χ1) is 10.7. The summed E-state index contributed by atoms with van der Waals surface area (Å²) >= 11 is 0. The van der Waals surface area contributed by atoms with E-state index in [1.165, 1.54) is 12.1 Å². The molecule has 0 aliphatic rings. The van der Waals surface area contributed by atoms with Crippen LogP contribution in [0.4, 0.5) is 0 Å². The predicted octanol–water partition coefficient (Wildman–Crippen LogP) is 2.69. The van der Waals surface area contributed by atoms with Crippen molar-refractivity contribution in [3.8, 4) is 11.8 Å². The zero-order valence-electron chi connectivity index (χ0n) is 11.4. The van der Waals surface area contributed by atoms with Gasteiger partial charge >= 0.3 is 0 Å². The van der Waals surface area contributed by atoms with Crippen molar-refractivity contribution in [3.05, 3.63) is 70.3 Å². The number of H-pyrrole nitrogens is 1. The van der Waals surface area contributed by atoms with E-state index in [-0.39, 0.29) is 22.7 Å². The monoisotopic (exact) mass is 289 g/mol. The molecule has 106 valence electrons. The van der Waals surface area contributed by atoms with E-state index in [0.717, 1.165) is 5.56 Å². The van der Waals surface area contributed by atoms with E-state index in [0.29, 0.717) is 10.9 Å². The van der Waals surface area contributed by atoms with Crippen LogP contribution in [0, 0.1) is 11.3 Å². The zero-order valence-corrected chi connectivity index (χ0v) is 11.4. The zero-order chi connectivity index (χ0) is 15.5. The van der Waals surface area contributed by atoms with E-state index in [1.807, 2.05) is 6.07 Å². The number of aromatic hydroxyl groups is 1. The largest absolute Gasteiger partial charge is 0.508 e. The molecular formula is C17H11N3O2. The Morgan fingerprint density at radius 1 is 1.18 bits per heavy atom. The SMILES string of the molecule is N#C/C(=C\c1ccc(O)cc1)c1nc2ccccc2c(=O)[nH]1. The molecule has 5 heteroatoms. The number of phenolic OH excluding ortho intramolecular Hbond substituents is 1. The number of benzene rings is 2. The molecule has 0 aliphatic carbocycles. The van der Waals surface area contributed by atoms with Crippen LogP contribution in [0.3, 0.4) is 0 Å². The Morgan fingerprint density at radius 3 is 2.64 bits per heavy atom. The molecule has 3 aromatic rings. The average Bonchev–Trinajstić information content (AvgIpc) is 2.54. The fraction of sp³-hybridized carbons (Fsp3) is 0. The number of nitrogens with zero attached hydrogens (tertiary/aromatic N) is 2. The number of allylic oxidation sites excluding steroid dienone is 1. The van der Waals surface area contributed by atoms with Gasteiger partial charge in [0, 0.05) is 0 Å². The van der Waals surface area contributed by atoms with E-state index in [4.69, 9.17) is 0 Å². The second kappa shape index (κ2) is 5.54. The number of aromatic amines is 1. The van der Waals surface area contributed by atoms with Crippen LogP contribution in [0.25, 0.3) is 22.6 Å². The van der Waals surface area contributed by atoms with Gasteiger partial charge in [-0.15, -0.1) is 0 Å². The number of fused-ring (bicyclic) bond motifs is 1. The van der Waals surface area contributed by atoms with E-state index < -0.39 is 0 Å². The maximum atomic E-state index is 12.1. The second-order valence-corrected chi connectivity index (χ2v) is 4.69. The summed E-state index contributed by atoms with van der Waals surface area (Å²) in [5, 5.41) is 19.1. The molecule has 0 radical (unpaired) electrons. The summed E-state index contributed by atoms with van der Waals surface area (Å²) in [6.45, 7) is 0. The number of nitriles is 1. The normalized spacial score (nSPS) is 11.3. The van der Waals surface area contributed by atoms with Crippen molar-refractivity contribution < 1.29 is 5.11 Å². The first kappa shape index (κ1) is 13.6. The van der Waals surface area contributed by atoms with Crippen LogP contribution >= 0.6 is 0 Å². The van der Waals surface area contributed by atoms with Crippen LogP contribution in [-0.2, 0) is 0 Å². The number of hydrogen-bond donors (Lipinski definition) is 2. The highest BCUT2D eigenvalue weighted by atomic mass is 16.3. The van der Waals surface area contributed by atoms with Crippen molar-refractivity contribution >= 4 is 22.6 Å². The number of phenols is 1. The van der Waals surface area contributed by atoms with E-state index in [9.17, 15) is 15.2 Å². The molecule has 0 saturated carbocycles. The molecular weight excluding hydrogens is 278 g/mol. The number of para-hydroxylation sites is 1. The minimum Gasteiger partial charge on any atom is -0.508 e. The quantitative estimate of drug-likeness (QED) is 0.710. The lowest BCUT2D eigenvalue weighted by atomic mass is 10.1. The van der Waals surface area contributed by atoms with Gasteiger partial charge in [0.15, 0.2) is 5.82 Å². The molecule has 0 aliphatic heterocycles. The second-order valence-electron chi connectivity index (χ2n) is 4.69. The minimum atomic E-state index is -0.285. The van der Waals surface area contributed by atoms with Gasteiger partial charge in [-0.2, -0.15) is 5.26 Å². The number of hydrogen-bond acceptors (Lipinski definition) is 4. The average molecular weight is 289 g/mol. The highest BCUT2D eigenvalue weighted by Crippen LogP contribution is 2.17. The van der Waals surface area contributed by atoms with Crippen molar-refractivity contribution in [2.24, 2.45) is 0 Å². The Balaban J connectivity index is 2.13. The summed E-state index contributed by atoms with van der Waals surface area (Å²) in [6.07, 6.45) is 1.60. The van der Waals surface area contributed by atoms with Crippen LogP contribution in [-0.4, -0.2) is 15.1 Å². The highest BCUT2D eigenvalue weighted by Gasteiger charge is 2.08. The lowest BCUT2D eigenvalue weighted by Gasteiger charge is -2.02. The molecule has 0 atom stereocenters. The van der Waals surface area contributed by atoms with Gasteiger partial charge in [0.2, 0.25) is 0 Å². The van der Waals surface area contributed by atoms with Crippen LogP contribution in [0.5, 0.6) is 5.75 Å². The molecule has 5 nitrogen and oxygen atoms in total. The van der Waals surface area contributed by atoms with Crippen LogP contribution in [0.15, 0.2) is 53.3 Å². The van der Waals surface area contributed by atoms with Crippen molar-refractivity contribution in [2.45, 2.75) is 0 Å². The first-order valence-corrected chi connectivity index (χ1v) is 6.57. The van der Waals surface area contributed by atoms with Gasteiger partial charge in [0.1, 0.15) is 11.8 Å². The standard InChI is InChI=1S/C17H11N3O2/c18-10-12(9-11-5-7-13(21)8-6-11)16-19-15-4-2-1-3-14(15)17(22)20-16/h1-9,21H,(H,19,20,22)/b12-9+. The van der Waals surface area contributed by atoms with Gasteiger partial charge in [0.05, 0.1) is 16.5 Å². The van der Waals surface area contributed by atoms with E-state index in [2.05, 4.69) is 9.97 Å². The molecule has 1 aromatic heterocycles. The van der Waals surface area contributed by atoms with Crippen LogP contribution < -0.4 is 5.56 Å². The van der Waals surface area contributed by atoms with Gasteiger partial charge in [-0.3, -0.25) is 4.79 Å². The maximum absolute atomic E-state index is 12.1. The van der Waals surface area contributed by atoms with Crippen molar-refractivity contribution in [1.82, 2.24) is 9.97 Å². The maximum Gasteiger partial charge on any atom is 0.259 e.